The standard InChI is InChI=1S/C34H24FNO3/c1-20-11-12-21-15-18-28-34(32(38)25-9-5-6-10-26(25)33(34)39)29(22-13-16-24(35)17-14-22)30(36(28)27(21)19-20)31(37)23-7-3-2-4-8-23/h2-19,28-30H,1H3/t28-,29-,30-/m0/s1. The van der Waals surface area contributed by atoms with Crippen molar-refractivity contribution in [2.75, 3.05) is 4.90 Å². The molecular formula is C34H24FNO3. The zero-order valence-corrected chi connectivity index (χ0v) is 21.2. The molecule has 39 heavy (non-hydrogen) atoms. The third-order valence-corrected chi connectivity index (χ3v) is 8.52. The van der Waals surface area contributed by atoms with E-state index in [0.717, 1.165) is 16.8 Å². The molecule has 0 bridgehead atoms. The van der Waals surface area contributed by atoms with Gasteiger partial charge in [-0.3, -0.25) is 14.4 Å². The molecule has 0 saturated carbocycles. The first-order valence-corrected chi connectivity index (χ1v) is 13.0. The van der Waals surface area contributed by atoms with Crippen molar-refractivity contribution in [1.82, 2.24) is 0 Å². The third-order valence-electron chi connectivity index (χ3n) is 8.52. The summed E-state index contributed by atoms with van der Waals surface area (Å²) in [4.78, 5) is 45.6. The van der Waals surface area contributed by atoms with Crippen molar-refractivity contribution in [3.63, 3.8) is 0 Å². The second-order valence-corrected chi connectivity index (χ2v) is 10.6. The van der Waals surface area contributed by atoms with Crippen LogP contribution in [-0.4, -0.2) is 29.4 Å². The molecule has 0 unspecified atom stereocenters. The number of carbonyl (C=O) groups is 3. The number of ketones is 3. The van der Waals surface area contributed by atoms with Crippen LogP contribution >= 0.6 is 0 Å². The average Bonchev–Trinajstić information content (AvgIpc) is 3.40. The van der Waals surface area contributed by atoms with E-state index in [1.807, 2.05) is 48.2 Å². The Morgan fingerprint density at radius 1 is 0.821 bits per heavy atom. The summed E-state index contributed by atoms with van der Waals surface area (Å²) in [6.45, 7) is 1.98. The van der Waals surface area contributed by atoms with Gasteiger partial charge in [-0.25, -0.2) is 4.39 Å². The number of hydrogen-bond acceptors (Lipinski definition) is 4. The Morgan fingerprint density at radius 3 is 2.13 bits per heavy atom. The fourth-order valence-corrected chi connectivity index (χ4v) is 6.89. The molecule has 2 heterocycles. The molecule has 4 aromatic carbocycles. The molecule has 1 aliphatic carbocycles. The molecule has 3 atom stereocenters. The Bertz CT molecular complexity index is 1670. The molecule has 3 aliphatic rings. The SMILES string of the molecule is Cc1ccc2c(c1)N1[C@H](C(=O)c3ccccc3)[C@H](c3ccc(F)cc3)C3(C(=O)c4ccccc4C3=O)[C@@H]1C=C2. The van der Waals surface area contributed by atoms with Gasteiger partial charge in [0.1, 0.15) is 17.3 Å². The van der Waals surface area contributed by atoms with Crippen molar-refractivity contribution in [2.24, 2.45) is 5.41 Å². The van der Waals surface area contributed by atoms with Crippen molar-refractivity contribution < 1.29 is 18.8 Å². The van der Waals surface area contributed by atoms with E-state index >= 15 is 0 Å². The number of aryl methyl sites for hydroxylation is 1. The Morgan fingerprint density at radius 2 is 1.46 bits per heavy atom. The third kappa shape index (κ3) is 3.13. The maximum Gasteiger partial charge on any atom is 0.185 e. The van der Waals surface area contributed by atoms with Gasteiger partial charge in [-0.1, -0.05) is 91.0 Å². The van der Waals surface area contributed by atoms with Gasteiger partial charge in [-0.2, -0.15) is 0 Å². The van der Waals surface area contributed by atoms with Crippen LogP contribution in [0.5, 0.6) is 0 Å². The van der Waals surface area contributed by atoms with E-state index < -0.39 is 29.2 Å². The Kier molecular flexibility index (Phi) is 5.08. The molecular weight excluding hydrogens is 489 g/mol. The average molecular weight is 514 g/mol. The van der Waals surface area contributed by atoms with Gasteiger partial charge < -0.3 is 4.90 Å². The lowest BCUT2D eigenvalue weighted by atomic mass is 9.64. The summed E-state index contributed by atoms with van der Waals surface area (Å²) >= 11 is 0. The number of fused-ring (bicyclic) bond motifs is 5. The van der Waals surface area contributed by atoms with Crippen molar-refractivity contribution >= 4 is 29.1 Å². The minimum absolute atomic E-state index is 0.189. The van der Waals surface area contributed by atoms with Gasteiger partial charge >= 0.3 is 0 Å². The summed E-state index contributed by atoms with van der Waals surface area (Å²) in [5, 5.41) is 0. The zero-order chi connectivity index (χ0) is 26.9. The van der Waals surface area contributed by atoms with Crippen molar-refractivity contribution in [3.05, 3.63) is 142 Å². The number of hydrogen-bond donors (Lipinski definition) is 0. The molecule has 0 N–H and O–H groups in total. The molecule has 4 aromatic rings. The van der Waals surface area contributed by atoms with E-state index in [0.29, 0.717) is 22.3 Å². The van der Waals surface area contributed by atoms with E-state index in [4.69, 9.17) is 0 Å². The first-order valence-electron chi connectivity index (χ1n) is 13.0. The van der Waals surface area contributed by atoms with Crippen LogP contribution in [0.1, 0.15) is 53.7 Å². The van der Waals surface area contributed by atoms with E-state index in [-0.39, 0.29) is 17.3 Å². The summed E-state index contributed by atoms with van der Waals surface area (Å²) in [5.74, 6) is -2.05. The number of Topliss-reactive ketones (excluding diaryl/α,β-unsaturated/α-hetero) is 3. The van der Waals surface area contributed by atoms with Crippen LogP contribution < -0.4 is 4.90 Å². The number of nitrogens with zero attached hydrogens (tertiary/aromatic N) is 1. The minimum atomic E-state index is -1.59. The maximum absolute atomic E-state index is 14.6. The van der Waals surface area contributed by atoms with Crippen molar-refractivity contribution in [1.29, 1.82) is 0 Å². The fourth-order valence-electron chi connectivity index (χ4n) is 6.89. The zero-order valence-electron chi connectivity index (χ0n) is 21.2. The lowest BCUT2D eigenvalue weighted by Crippen LogP contribution is -2.48. The number of halogens is 1. The highest BCUT2D eigenvalue weighted by atomic mass is 19.1. The highest BCUT2D eigenvalue weighted by Gasteiger charge is 2.71. The first-order chi connectivity index (χ1) is 18.9. The molecule has 1 fully saturated rings. The number of benzene rings is 4. The highest BCUT2D eigenvalue weighted by molar-refractivity contribution is 6.32. The molecule has 190 valence electrons. The monoisotopic (exact) mass is 513 g/mol. The molecule has 0 aromatic heterocycles. The lowest BCUT2D eigenvalue weighted by molar-refractivity contribution is 0.0666. The van der Waals surface area contributed by atoms with Gasteiger partial charge in [-0.05, 0) is 41.8 Å². The molecule has 1 saturated heterocycles. The smallest absolute Gasteiger partial charge is 0.185 e. The van der Waals surface area contributed by atoms with E-state index in [9.17, 15) is 18.8 Å². The quantitative estimate of drug-likeness (QED) is 0.233. The van der Waals surface area contributed by atoms with E-state index in [1.54, 1.807) is 60.7 Å². The topological polar surface area (TPSA) is 54.5 Å². The predicted octanol–water partition coefficient (Wildman–Crippen LogP) is 6.45. The summed E-state index contributed by atoms with van der Waals surface area (Å²) < 4.78 is 14.1. The molecule has 0 radical (unpaired) electrons. The van der Waals surface area contributed by atoms with Crippen molar-refractivity contribution in [3.8, 4) is 0 Å². The van der Waals surface area contributed by atoms with Gasteiger partial charge in [0.15, 0.2) is 17.3 Å². The van der Waals surface area contributed by atoms with Crippen molar-refractivity contribution in [2.45, 2.75) is 24.9 Å². The van der Waals surface area contributed by atoms with Gasteiger partial charge in [-0.15, -0.1) is 0 Å². The van der Waals surface area contributed by atoms with Crippen LogP contribution in [0.25, 0.3) is 6.08 Å². The van der Waals surface area contributed by atoms with Gasteiger partial charge in [0, 0.05) is 28.3 Å². The first kappa shape index (κ1) is 23.5. The Balaban J connectivity index is 1.56. The fraction of sp³-hybridized carbons (Fsp3) is 0.147. The molecule has 7 rings (SSSR count). The number of carbonyl (C=O) groups excluding carboxylic acids is 3. The molecule has 1 spiro atoms. The largest absolute Gasteiger partial charge is 0.352 e. The van der Waals surface area contributed by atoms with Gasteiger partial charge in [0.25, 0.3) is 0 Å². The van der Waals surface area contributed by atoms with Crippen LogP contribution in [0.15, 0.2) is 103 Å². The Labute approximate surface area is 225 Å². The highest BCUT2D eigenvalue weighted by Crippen LogP contribution is 2.61. The van der Waals surface area contributed by atoms with E-state index in [2.05, 4.69) is 0 Å². The van der Waals surface area contributed by atoms with Crippen LogP contribution in [0.3, 0.4) is 0 Å². The molecule has 0 amide bonds. The number of anilines is 1. The lowest BCUT2D eigenvalue weighted by Gasteiger charge is -2.37. The second-order valence-electron chi connectivity index (χ2n) is 10.6. The number of rotatable bonds is 3. The van der Waals surface area contributed by atoms with Gasteiger partial charge in [0.2, 0.25) is 0 Å². The summed E-state index contributed by atoms with van der Waals surface area (Å²) in [6.07, 6.45) is 3.84. The van der Waals surface area contributed by atoms with Gasteiger partial charge in [0.05, 0.1) is 6.04 Å². The summed E-state index contributed by atoms with van der Waals surface area (Å²) in [6, 6.07) is 26.1. The van der Waals surface area contributed by atoms with Crippen LogP contribution in [-0.2, 0) is 0 Å². The van der Waals surface area contributed by atoms with Crippen LogP contribution in [0.4, 0.5) is 10.1 Å². The molecule has 2 aliphatic heterocycles. The van der Waals surface area contributed by atoms with Crippen LogP contribution in [0.2, 0.25) is 0 Å². The predicted molar refractivity (Wildman–Crippen MR) is 148 cm³/mol. The maximum atomic E-state index is 14.6. The molecule has 4 nitrogen and oxygen atoms in total. The second kappa shape index (κ2) is 8.43. The summed E-state index contributed by atoms with van der Waals surface area (Å²) in [5.41, 5.74) is 2.93. The minimum Gasteiger partial charge on any atom is -0.352 e. The summed E-state index contributed by atoms with van der Waals surface area (Å²) in [7, 11) is 0. The normalized spacial score (nSPS) is 22.1. The van der Waals surface area contributed by atoms with E-state index in [1.165, 1.54) is 12.1 Å². The molecule has 5 heteroatoms. The Hall–Kier alpha value is -4.64. The van der Waals surface area contributed by atoms with Crippen LogP contribution in [0, 0.1) is 18.2 Å².